The molecule has 3 heterocycles. The zero-order valence-corrected chi connectivity index (χ0v) is 11.3. The second-order valence-corrected chi connectivity index (χ2v) is 5.12. The maximum Gasteiger partial charge on any atom is 0.321 e. The van der Waals surface area contributed by atoms with E-state index in [9.17, 15) is 4.79 Å². The average Bonchev–Trinajstić information content (AvgIpc) is 3.03. The molecular formula is C14H19N3O3. The summed E-state index contributed by atoms with van der Waals surface area (Å²) in [6.07, 6.45) is 5.21. The number of piperidine rings is 1. The predicted molar refractivity (Wildman–Crippen MR) is 73.2 cm³/mol. The number of urea groups is 1. The van der Waals surface area contributed by atoms with Crippen LogP contribution in [0.4, 0.5) is 10.5 Å². The van der Waals surface area contributed by atoms with Crippen molar-refractivity contribution in [1.29, 1.82) is 0 Å². The third-order valence-corrected chi connectivity index (χ3v) is 3.71. The van der Waals surface area contributed by atoms with Crippen molar-refractivity contribution in [3.05, 3.63) is 24.5 Å². The fraction of sp³-hybridized carbons (Fsp3) is 0.571. The highest BCUT2D eigenvalue weighted by atomic mass is 16.7. The van der Waals surface area contributed by atoms with Gasteiger partial charge in [-0.3, -0.25) is 4.98 Å². The van der Waals surface area contributed by atoms with Crippen LogP contribution in [0, 0.1) is 5.92 Å². The fourth-order valence-electron chi connectivity index (χ4n) is 2.70. The van der Waals surface area contributed by atoms with Crippen LogP contribution in [0.3, 0.4) is 0 Å². The van der Waals surface area contributed by atoms with Crippen LogP contribution in [-0.4, -0.2) is 48.5 Å². The number of ether oxygens (including phenoxy) is 2. The average molecular weight is 277 g/mol. The number of anilines is 1. The van der Waals surface area contributed by atoms with Crippen molar-refractivity contribution in [2.45, 2.75) is 19.1 Å². The van der Waals surface area contributed by atoms with E-state index in [1.54, 1.807) is 24.5 Å². The number of carbonyl (C=O) groups excluding carboxylic acids is 1. The van der Waals surface area contributed by atoms with E-state index in [-0.39, 0.29) is 18.2 Å². The van der Waals surface area contributed by atoms with Crippen molar-refractivity contribution in [3.63, 3.8) is 0 Å². The number of carbonyl (C=O) groups is 1. The van der Waals surface area contributed by atoms with E-state index in [4.69, 9.17) is 9.47 Å². The van der Waals surface area contributed by atoms with E-state index in [2.05, 4.69) is 10.3 Å². The largest absolute Gasteiger partial charge is 0.350 e. The van der Waals surface area contributed by atoms with Crippen LogP contribution in [0.5, 0.6) is 0 Å². The summed E-state index contributed by atoms with van der Waals surface area (Å²) < 4.78 is 11.1. The number of aromatic nitrogens is 1. The lowest BCUT2D eigenvalue weighted by molar-refractivity contribution is -0.0959. The molecule has 0 bridgehead atoms. The van der Waals surface area contributed by atoms with Gasteiger partial charge in [-0.05, 0) is 25.0 Å². The zero-order valence-electron chi connectivity index (χ0n) is 11.3. The van der Waals surface area contributed by atoms with Crippen molar-refractivity contribution in [3.8, 4) is 0 Å². The lowest BCUT2D eigenvalue weighted by Gasteiger charge is -2.34. The van der Waals surface area contributed by atoms with E-state index in [1.807, 2.05) is 4.90 Å². The minimum absolute atomic E-state index is 0.0705. The topological polar surface area (TPSA) is 63.7 Å². The molecule has 0 aromatic carbocycles. The number of pyridine rings is 1. The Hall–Kier alpha value is -1.66. The van der Waals surface area contributed by atoms with Gasteiger partial charge < -0.3 is 19.7 Å². The summed E-state index contributed by atoms with van der Waals surface area (Å²) in [5.74, 6) is 0.273. The number of hydrogen-bond acceptors (Lipinski definition) is 4. The van der Waals surface area contributed by atoms with Crippen LogP contribution in [0.15, 0.2) is 24.5 Å². The van der Waals surface area contributed by atoms with Crippen LogP contribution < -0.4 is 5.32 Å². The van der Waals surface area contributed by atoms with Crippen molar-refractivity contribution < 1.29 is 14.3 Å². The molecule has 0 saturated carbocycles. The summed E-state index contributed by atoms with van der Waals surface area (Å²) >= 11 is 0. The second-order valence-electron chi connectivity index (χ2n) is 5.12. The van der Waals surface area contributed by atoms with Gasteiger partial charge >= 0.3 is 6.03 Å². The summed E-state index contributed by atoms with van der Waals surface area (Å²) in [4.78, 5) is 18.0. The standard InChI is InChI=1S/C14H19N3O3/c18-14(16-12-3-5-15-6-4-12)17-7-1-2-11(10-17)13-19-8-9-20-13/h3-6,11,13H,1-2,7-10H2,(H,15,16,18). The summed E-state index contributed by atoms with van der Waals surface area (Å²) in [5.41, 5.74) is 0.764. The predicted octanol–water partition coefficient (Wildman–Crippen LogP) is 1.70. The van der Waals surface area contributed by atoms with Crippen molar-refractivity contribution in [2.24, 2.45) is 5.92 Å². The van der Waals surface area contributed by atoms with Gasteiger partial charge in [0.05, 0.1) is 13.2 Å². The molecule has 6 nitrogen and oxygen atoms in total. The lowest BCUT2D eigenvalue weighted by atomic mass is 9.98. The molecule has 1 N–H and O–H groups in total. The first kappa shape index (κ1) is 13.3. The highest BCUT2D eigenvalue weighted by Crippen LogP contribution is 2.25. The van der Waals surface area contributed by atoms with Crippen LogP contribution in [0.1, 0.15) is 12.8 Å². The number of hydrogen-bond donors (Lipinski definition) is 1. The molecule has 0 aliphatic carbocycles. The van der Waals surface area contributed by atoms with Crippen LogP contribution in [-0.2, 0) is 9.47 Å². The van der Waals surface area contributed by atoms with Gasteiger partial charge in [-0.2, -0.15) is 0 Å². The minimum atomic E-state index is -0.147. The zero-order chi connectivity index (χ0) is 13.8. The first-order valence-corrected chi connectivity index (χ1v) is 7.02. The highest BCUT2D eigenvalue weighted by molar-refractivity contribution is 5.89. The molecule has 2 saturated heterocycles. The second kappa shape index (κ2) is 6.19. The van der Waals surface area contributed by atoms with E-state index >= 15 is 0 Å². The normalized spacial score (nSPS) is 23.8. The van der Waals surface area contributed by atoms with Gasteiger partial charge in [0.25, 0.3) is 0 Å². The molecular weight excluding hydrogens is 258 g/mol. The molecule has 1 aromatic rings. The molecule has 2 aliphatic heterocycles. The number of likely N-dealkylation sites (tertiary alicyclic amines) is 1. The van der Waals surface area contributed by atoms with Crippen LogP contribution in [0.2, 0.25) is 0 Å². The van der Waals surface area contributed by atoms with E-state index in [0.717, 1.165) is 25.1 Å². The first-order chi connectivity index (χ1) is 9.83. The molecule has 0 spiro atoms. The Bertz CT molecular complexity index is 448. The lowest BCUT2D eigenvalue weighted by Crippen LogP contribution is -2.45. The number of nitrogens with one attached hydrogen (secondary N) is 1. The van der Waals surface area contributed by atoms with Crippen LogP contribution in [0.25, 0.3) is 0 Å². The molecule has 2 amide bonds. The Morgan fingerprint density at radius 3 is 2.80 bits per heavy atom. The number of rotatable bonds is 2. The molecule has 2 fully saturated rings. The Morgan fingerprint density at radius 2 is 2.05 bits per heavy atom. The number of nitrogens with zero attached hydrogens (tertiary/aromatic N) is 2. The van der Waals surface area contributed by atoms with E-state index in [0.29, 0.717) is 19.8 Å². The van der Waals surface area contributed by atoms with Gasteiger partial charge in [0.1, 0.15) is 0 Å². The van der Waals surface area contributed by atoms with Gasteiger partial charge in [0.2, 0.25) is 0 Å². The third kappa shape index (κ3) is 3.08. The molecule has 1 unspecified atom stereocenters. The third-order valence-electron chi connectivity index (χ3n) is 3.71. The minimum Gasteiger partial charge on any atom is -0.350 e. The molecule has 1 aromatic heterocycles. The van der Waals surface area contributed by atoms with Gasteiger partial charge in [0, 0.05) is 37.1 Å². The van der Waals surface area contributed by atoms with Gasteiger partial charge in [-0.15, -0.1) is 0 Å². The van der Waals surface area contributed by atoms with Crippen molar-refractivity contribution in [1.82, 2.24) is 9.88 Å². The molecule has 1 atom stereocenters. The summed E-state index contributed by atoms with van der Waals surface area (Å²) in [6.45, 7) is 2.77. The molecule has 108 valence electrons. The molecule has 3 rings (SSSR count). The Morgan fingerprint density at radius 1 is 1.30 bits per heavy atom. The first-order valence-electron chi connectivity index (χ1n) is 7.02. The van der Waals surface area contributed by atoms with Crippen molar-refractivity contribution in [2.75, 3.05) is 31.6 Å². The fourth-order valence-corrected chi connectivity index (χ4v) is 2.70. The van der Waals surface area contributed by atoms with Gasteiger partial charge in [0.15, 0.2) is 6.29 Å². The smallest absolute Gasteiger partial charge is 0.321 e. The quantitative estimate of drug-likeness (QED) is 0.893. The SMILES string of the molecule is O=C(Nc1ccncc1)N1CCCC(C2OCCO2)C1. The molecule has 20 heavy (non-hydrogen) atoms. The van der Waals surface area contributed by atoms with Gasteiger partial charge in [-0.1, -0.05) is 0 Å². The Labute approximate surface area is 118 Å². The monoisotopic (exact) mass is 277 g/mol. The van der Waals surface area contributed by atoms with E-state index in [1.165, 1.54) is 0 Å². The summed E-state index contributed by atoms with van der Waals surface area (Å²) in [5, 5.41) is 2.89. The van der Waals surface area contributed by atoms with E-state index < -0.39 is 0 Å². The van der Waals surface area contributed by atoms with Crippen molar-refractivity contribution >= 4 is 11.7 Å². The maximum atomic E-state index is 12.2. The molecule has 2 aliphatic rings. The summed E-state index contributed by atoms with van der Waals surface area (Å²) in [6, 6.07) is 3.49. The van der Waals surface area contributed by atoms with Crippen LogP contribution >= 0.6 is 0 Å². The van der Waals surface area contributed by atoms with Gasteiger partial charge in [-0.25, -0.2) is 4.79 Å². The number of amides is 2. The summed E-state index contributed by atoms with van der Waals surface area (Å²) in [7, 11) is 0. The highest BCUT2D eigenvalue weighted by Gasteiger charge is 2.32. The maximum absolute atomic E-state index is 12.2. The molecule has 0 radical (unpaired) electrons. The molecule has 6 heteroatoms. The Kier molecular flexibility index (Phi) is 4.13. The Balaban J connectivity index is 1.57.